The molecular formula is C12H14N4O2. The minimum atomic E-state index is -0.120. The van der Waals surface area contributed by atoms with E-state index >= 15 is 0 Å². The second-order valence-electron chi connectivity index (χ2n) is 3.98. The van der Waals surface area contributed by atoms with Gasteiger partial charge in [-0.05, 0) is 19.9 Å². The molecule has 2 aromatic heterocycles. The molecular weight excluding hydrogens is 232 g/mol. The molecule has 6 nitrogen and oxygen atoms in total. The molecule has 2 heterocycles. The van der Waals surface area contributed by atoms with E-state index in [0.29, 0.717) is 28.5 Å². The lowest BCUT2D eigenvalue weighted by molar-refractivity contribution is 0.397. The Morgan fingerprint density at radius 1 is 1.33 bits per heavy atom. The summed E-state index contributed by atoms with van der Waals surface area (Å²) in [6, 6.07) is 1.71. The van der Waals surface area contributed by atoms with Gasteiger partial charge in [0.15, 0.2) is 0 Å². The van der Waals surface area contributed by atoms with E-state index in [0.717, 1.165) is 0 Å². The third-order valence-electron chi connectivity index (χ3n) is 2.59. The maximum atomic E-state index is 11.6. The Bertz CT molecular complexity index is 623. The molecule has 0 saturated carbocycles. The summed E-state index contributed by atoms with van der Waals surface area (Å²) in [7, 11) is 3.15. The summed E-state index contributed by atoms with van der Waals surface area (Å²) in [4.78, 5) is 19.9. The summed E-state index contributed by atoms with van der Waals surface area (Å²) in [6.07, 6.45) is 1.65. The van der Waals surface area contributed by atoms with Crippen molar-refractivity contribution >= 4 is 0 Å². The van der Waals surface area contributed by atoms with Gasteiger partial charge in [-0.25, -0.2) is 9.67 Å². The molecule has 0 aromatic carbocycles. The molecule has 0 amide bonds. The fraction of sp³-hybridized carbons (Fsp3) is 0.333. The average Bonchev–Trinajstić information content (AvgIpc) is 2.35. The molecule has 0 spiro atoms. The Kier molecular flexibility index (Phi) is 3.10. The van der Waals surface area contributed by atoms with Gasteiger partial charge >= 0.3 is 0 Å². The molecule has 0 unspecified atom stereocenters. The Hall–Kier alpha value is -2.24. The molecule has 0 aliphatic heterocycles. The van der Waals surface area contributed by atoms with Crippen LogP contribution in [0.3, 0.4) is 0 Å². The predicted molar refractivity (Wildman–Crippen MR) is 66.5 cm³/mol. The summed E-state index contributed by atoms with van der Waals surface area (Å²) in [5.74, 6) is 1.07. The van der Waals surface area contributed by atoms with Gasteiger partial charge in [0.25, 0.3) is 5.56 Å². The average molecular weight is 246 g/mol. The molecule has 18 heavy (non-hydrogen) atoms. The maximum absolute atomic E-state index is 11.6. The van der Waals surface area contributed by atoms with E-state index in [-0.39, 0.29) is 5.56 Å². The number of methoxy groups -OCH3 is 1. The first kappa shape index (κ1) is 12.2. The zero-order valence-corrected chi connectivity index (χ0v) is 10.8. The van der Waals surface area contributed by atoms with E-state index < -0.39 is 0 Å². The van der Waals surface area contributed by atoms with Gasteiger partial charge in [-0.1, -0.05) is 0 Å². The van der Waals surface area contributed by atoms with Crippen LogP contribution in [-0.4, -0.2) is 26.9 Å². The summed E-state index contributed by atoms with van der Waals surface area (Å²) < 4.78 is 6.51. The number of aromatic nitrogens is 4. The van der Waals surface area contributed by atoms with E-state index in [9.17, 15) is 4.79 Å². The van der Waals surface area contributed by atoms with Crippen molar-refractivity contribution in [1.29, 1.82) is 0 Å². The molecule has 0 N–H and O–H groups in total. The number of rotatable bonds is 2. The van der Waals surface area contributed by atoms with Gasteiger partial charge in [0.1, 0.15) is 5.82 Å². The van der Waals surface area contributed by atoms with Crippen LogP contribution in [0.5, 0.6) is 5.88 Å². The second kappa shape index (κ2) is 4.56. The zero-order chi connectivity index (χ0) is 13.3. The van der Waals surface area contributed by atoms with Crippen molar-refractivity contribution in [3.8, 4) is 17.1 Å². The molecule has 0 bridgehead atoms. The normalized spacial score (nSPS) is 10.4. The van der Waals surface area contributed by atoms with Gasteiger partial charge in [-0.15, -0.1) is 0 Å². The lowest BCUT2D eigenvalue weighted by Crippen LogP contribution is -2.22. The van der Waals surface area contributed by atoms with Crippen LogP contribution in [0.2, 0.25) is 0 Å². The van der Waals surface area contributed by atoms with E-state index in [1.807, 2.05) is 0 Å². The number of aryl methyl sites for hydroxylation is 3. The van der Waals surface area contributed by atoms with Gasteiger partial charge < -0.3 is 4.74 Å². The van der Waals surface area contributed by atoms with Gasteiger partial charge in [-0.2, -0.15) is 10.1 Å². The van der Waals surface area contributed by atoms with E-state index in [2.05, 4.69) is 15.1 Å². The van der Waals surface area contributed by atoms with E-state index in [1.54, 1.807) is 40.3 Å². The van der Waals surface area contributed by atoms with Crippen molar-refractivity contribution in [3.63, 3.8) is 0 Å². The Morgan fingerprint density at radius 3 is 2.67 bits per heavy atom. The third kappa shape index (κ3) is 2.09. The van der Waals surface area contributed by atoms with Crippen LogP contribution >= 0.6 is 0 Å². The molecule has 0 radical (unpaired) electrons. The molecule has 0 fully saturated rings. The Morgan fingerprint density at radius 2 is 2.06 bits per heavy atom. The molecule has 0 saturated heterocycles. The highest BCUT2D eigenvalue weighted by Gasteiger charge is 2.12. The van der Waals surface area contributed by atoms with Crippen molar-refractivity contribution in [2.75, 3.05) is 7.11 Å². The lowest BCUT2D eigenvalue weighted by atomic mass is 10.2. The van der Waals surface area contributed by atoms with Crippen LogP contribution in [-0.2, 0) is 7.05 Å². The SMILES string of the molecule is COc1nc(C)ncc1-c1cc(C)c(=O)n(C)n1. The second-order valence-corrected chi connectivity index (χ2v) is 3.98. The maximum Gasteiger partial charge on any atom is 0.269 e. The number of nitrogens with zero attached hydrogens (tertiary/aromatic N) is 4. The largest absolute Gasteiger partial charge is 0.480 e. The fourth-order valence-corrected chi connectivity index (χ4v) is 1.67. The summed E-state index contributed by atoms with van der Waals surface area (Å²) in [5.41, 5.74) is 1.78. The number of hydrogen-bond donors (Lipinski definition) is 0. The zero-order valence-electron chi connectivity index (χ0n) is 10.8. The standard InChI is InChI=1S/C12H14N4O2/c1-7-5-10(15-16(3)12(7)17)9-6-13-8(2)14-11(9)18-4/h5-6H,1-4H3. The van der Waals surface area contributed by atoms with Gasteiger partial charge in [-0.3, -0.25) is 4.79 Å². The molecule has 0 aliphatic rings. The molecule has 94 valence electrons. The fourth-order valence-electron chi connectivity index (χ4n) is 1.67. The topological polar surface area (TPSA) is 69.9 Å². The van der Waals surface area contributed by atoms with Crippen LogP contribution in [0, 0.1) is 13.8 Å². The highest BCUT2D eigenvalue weighted by atomic mass is 16.5. The quantitative estimate of drug-likeness (QED) is 0.786. The summed E-state index contributed by atoms with van der Waals surface area (Å²) >= 11 is 0. The molecule has 0 atom stereocenters. The summed E-state index contributed by atoms with van der Waals surface area (Å²) in [5, 5.41) is 4.19. The van der Waals surface area contributed by atoms with Crippen LogP contribution in [0.1, 0.15) is 11.4 Å². The van der Waals surface area contributed by atoms with E-state index in [4.69, 9.17) is 4.74 Å². The molecule has 2 rings (SSSR count). The highest BCUT2D eigenvalue weighted by Crippen LogP contribution is 2.25. The third-order valence-corrected chi connectivity index (χ3v) is 2.59. The van der Waals surface area contributed by atoms with Gasteiger partial charge in [0.05, 0.1) is 18.4 Å². The number of ether oxygens (including phenoxy) is 1. The highest BCUT2D eigenvalue weighted by molar-refractivity contribution is 5.63. The first-order valence-electron chi connectivity index (χ1n) is 5.46. The minimum absolute atomic E-state index is 0.120. The van der Waals surface area contributed by atoms with Gasteiger partial charge in [0, 0.05) is 18.8 Å². The van der Waals surface area contributed by atoms with Crippen LogP contribution in [0.4, 0.5) is 0 Å². The first-order valence-corrected chi connectivity index (χ1v) is 5.46. The van der Waals surface area contributed by atoms with Crippen LogP contribution in [0.25, 0.3) is 11.3 Å². The number of hydrogen-bond acceptors (Lipinski definition) is 5. The van der Waals surface area contributed by atoms with Crippen molar-refractivity contribution in [2.45, 2.75) is 13.8 Å². The minimum Gasteiger partial charge on any atom is -0.480 e. The van der Waals surface area contributed by atoms with E-state index in [1.165, 1.54) is 4.68 Å². The molecule has 0 aliphatic carbocycles. The van der Waals surface area contributed by atoms with Crippen LogP contribution < -0.4 is 10.3 Å². The van der Waals surface area contributed by atoms with Crippen molar-refractivity contribution in [2.24, 2.45) is 7.05 Å². The Labute approximate surface area is 104 Å². The van der Waals surface area contributed by atoms with Crippen molar-refractivity contribution in [1.82, 2.24) is 19.7 Å². The van der Waals surface area contributed by atoms with Gasteiger partial charge in [0.2, 0.25) is 5.88 Å². The summed E-state index contributed by atoms with van der Waals surface area (Å²) in [6.45, 7) is 3.53. The van der Waals surface area contributed by atoms with Crippen molar-refractivity contribution in [3.05, 3.63) is 34.0 Å². The van der Waals surface area contributed by atoms with Crippen molar-refractivity contribution < 1.29 is 4.74 Å². The van der Waals surface area contributed by atoms with Crippen LogP contribution in [0.15, 0.2) is 17.1 Å². The smallest absolute Gasteiger partial charge is 0.269 e. The molecule has 6 heteroatoms. The Balaban J connectivity index is 2.65. The first-order chi connectivity index (χ1) is 8.52. The lowest BCUT2D eigenvalue weighted by Gasteiger charge is -2.08. The monoisotopic (exact) mass is 246 g/mol. The molecule has 2 aromatic rings. The predicted octanol–water partition coefficient (Wildman–Crippen LogP) is 0.863.